The summed E-state index contributed by atoms with van der Waals surface area (Å²) in [5, 5.41) is 13.9. The van der Waals surface area contributed by atoms with Gasteiger partial charge in [-0.25, -0.2) is 4.79 Å². The van der Waals surface area contributed by atoms with Crippen molar-refractivity contribution in [2.24, 2.45) is 0 Å². The van der Waals surface area contributed by atoms with Crippen molar-refractivity contribution in [1.82, 2.24) is 0 Å². The van der Waals surface area contributed by atoms with E-state index < -0.39 is 6.16 Å². The summed E-state index contributed by atoms with van der Waals surface area (Å²) in [7, 11) is 0. The van der Waals surface area contributed by atoms with E-state index in [4.69, 9.17) is 15.0 Å². The summed E-state index contributed by atoms with van der Waals surface area (Å²) < 4.78 is 1.02. The van der Waals surface area contributed by atoms with Gasteiger partial charge in [-0.2, -0.15) is 0 Å². The van der Waals surface area contributed by atoms with Gasteiger partial charge in [0.05, 0.1) is 0 Å². The molecule has 0 fully saturated rings. The molecule has 0 amide bonds. The fourth-order valence-corrected chi connectivity index (χ4v) is 0. The number of carbonyl (C=O) groups is 1. The van der Waals surface area contributed by atoms with Crippen LogP contribution in [0.1, 0.15) is 13.8 Å². The fraction of sp³-hybridized carbons (Fsp3) is 0.750. The molecule has 0 spiro atoms. The summed E-state index contributed by atoms with van der Waals surface area (Å²) in [6.45, 7) is 4.50. The molecule has 0 unspecified atom stereocenters. The zero-order valence-electron chi connectivity index (χ0n) is 5.38. The second-order valence-corrected chi connectivity index (χ2v) is 5.62. The summed E-state index contributed by atoms with van der Waals surface area (Å²) in [5.41, 5.74) is 0. The van der Waals surface area contributed by atoms with Crippen molar-refractivity contribution in [3.05, 3.63) is 0 Å². The molecule has 0 aromatic heterocycles. The molecule has 2 N–H and O–H groups in total. The number of hydrogen-bond donors (Lipinski definition) is 2. The van der Waals surface area contributed by atoms with Crippen molar-refractivity contribution in [1.29, 1.82) is 0 Å². The van der Waals surface area contributed by atoms with Crippen molar-refractivity contribution < 1.29 is 15.0 Å². The molecule has 4 heteroatoms. The Morgan fingerprint density at radius 2 is 1.50 bits per heavy atom. The number of rotatable bonds is 0. The third-order valence-corrected chi connectivity index (χ3v) is 0. The van der Waals surface area contributed by atoms with Crippen LogP contribution in [0.15, 0.2) is 0 Å². The molecule has 3 nitrogen and oxygen atoms in total. The first-order chi connectivity index (χ1) is 3.46. The Morgan fingerprint density at radius 3 is 1.50 bits per heavy atom. The molecule has 0 atom stereocenters. The quantitative estimate of drug-likeness (QED) is 0.502. The molecule has 44 valence electrons. The van der Waals surface area contributed by atoms with E-state index in [1.165, 1.54) is 0 Å². The van der Waals surface area contributed by atoms with Gasteiger partial charge in [0.2, 0.25) is 0 Å². The average molecular weight is 144 g/mol. The van der Waals surface area contributed by atoms with Gasteiger partial charge < -0.3 is 10.2 Å². The molecule has 0 aliphatic carbocycles. The van der Waals surface area contributed by atoms with Gasteiger partial charge in [-0.1, -0.05) is 0 Å². The van der Waals surface area contributed by atoms with Crippen LogP contribution < -0.4 is 0 Å². The van der Waals surface area contributed by atoms with E-state index in [1.807, 2.05) is 0 Å². The zero-order chi connectivity index (χ0) is 7.15. The Balaban J connectivity index is 0. The first-order valence-electron chi connectivity index (χ1n) is 2.38. The van der Waals surface area contributed by atoms with Gasteiger partial charge in [-0.15, -0.1) is 0 Å². The van der Waals surface area contributed by atoms with Gasteiger partial charge in [0.1, 0.15) is 0 Å². The summed E-state index contributed by atoms with van der Waals surface area (Å²) in [6, 6.07) is 0. The molecule has 0 aliphatic heterocycles. The maximum Gasteiger partial charge on any atom is 0.503 e. The minimum atomic E-state index is -1.83. The Hall–Kier alpha value is 0.906. The molecule has 0 rings (SSSR count). The van der Waals surface area contributed by atoms with Crippen molar-refractivity contribution in [2.75, 3.05) is 0 Å². The molecule has 0 aromatic rings. The van der Waals surface area contributed by atoms with Crippen molar-refractivity contribution in [3.8, 4) is 0 Å². The minimum absolute atomic E-state index is 1.02. The zero-order valence-corrected chi connectivity index (χ0v) is 8.50. The fourth-order valence-electron chi connectivity index (χ4n) is 0. The summed E-state index contributed by atoms with van der Waals surface area (Å²) >= 11 is 1.06. The molecule has 0 bridgehead atoms. The standard InChI is InChI=1S/C3H7.CH2O3.K/c1-3-2;2-1(3)4;/h3H,1-2H3;(H2,2,3,4);. The van der Waals surface area contributed by atoms with Gasteiger partial charge in [0.15, 0.2) is 0 Å². The normalized spacial score (nSPS) is 7.62. The van der Waals surface area contributed by atoms with Gasteiger partial charge >= 0.3 is 69.0 Å². The SMILES string of the molecule is C[CH](C)[K].O=C(O)O. The number of carboxylic acid groups (broad SMARTS) is 2. The van der Waals surface area contributed by atoms with Crippen LogP contribution in [0.25, 0.3) is 0 Å². The topological polar surface area (TPSA) is 57.5 Å². The van der Waals surface area contributed by atoms with Crippen molar-refractivity contribution in [3.63, 3.8) is 0 Å². The molecule has 0 aromatic carbocycles. The Labute approximate surface area is 82.7 Å². The molecule has 0 saturated carbocycles. The van der Waals surface area contributed by atoms with Crippen LogP contribution in [0.2, 0.25) is 0.0125 Å². The maximum absolute atomic E-state index is 8.56. The predicted molar refractivity (Wildman–Crippen MR) is 31.5 cm³/mol. The first kappa shape index (κ1) is 11.7. The van der Waals surface area contributed by atoms with E-state index in [1.54, 1.807) is 0 Å². The molecule has 0 saturated heterocycles. The monoisotopic (exact) mass is 144 g/mol. The molecule has 8 heavy (non-hydrogen) atoms. The maximum atomic E-state index is 8.56. The van der Waals surface area contributed by atoms with Gasteiger partial charge in [0.25, 0.3) is 0 Å². The summed E-state index contributed by atoms with van der Waals surface area (Å²) in [4.78, 5) is 8.56. The van der Waals surface area contributed by atoms with Crippen molar-refractivity contribution >= 4 is 55.1 Å². The van der Waals surface area contributed by atoms with Crippen LogP contribution in [0, 0.1) is 0 Å². The Morgan fingerprint density at radius 1 is 1.50 bits per heavy atom. The van der Waals surface area contributed by atoms with E-state index in [0.717, 1.165) is 49.0 Å². The molecule has 0 heterocycles. The second-order valence-electron chi connectivity index (χ2n) is 2.01. The smallest absolute Gasteiger partial charge is 0.450 e. The van der Waals surface area contributed by atoms with Crippen LogP contribution in [-0.4, -0.2) is 65.3 Å². The van der Waals surface area contributed by atoms with E-state index in [-0.39, 0.29) is 0 Å². The number of hydrogen-bond acceptors (Lipinski definition) is 1. The van der Waals surface area contributed by atoms with Crippen LogP contribution in [0.5, 0.6) is 0 Å². The van der Waals surface area contributed by atoms with Crippen LogP contribution in [0.3, 0.4) is 0 Å². The van der Waals surface area contributed by atoms with E-state index in [9.17, 15) is 0 Å². The van der Waals surface area contributed by atoms with E-state index in [0.29, 0.717) is 0 Å². The predicted octanol–water partition coefficient (Wildman–Crippen LogP) is 1.21. The molecule has 0 aliphatic rings. The second kappa shape index (κ2) is 7.91. The molecular weight excluding hydrogens is 135 g/mol. The van der Waals surface area contributed by atoms with Gasteiger partial charge in [-0.05, 0) is 0 Å². The van der Waals surface area contributed by atoms with Crippen LogP contribution in [-0.2, 0) is 0 Å². The van der Waals surface area contributed by atoms with Crippen LogP contribution >= 0.6 is 0 Å². The van der Waals surface area contributed by atoms with Gasteiger partial charge in [-0.3, -0.25) is 0 Å². The first-order valence-corrected chi connectivity index (χ1v) is 4.19. The largest absolute Gasteiger partial charge is 0.503 e. The molecular formula is C4H9KO3. The summed E-state index contributed by atoms with van der Waals surface area (Å²) in [6.07, 6.45) is -1.83. The summed E-state index contributed by atoms with van der Waals surface area (Å²) in [5.74, 6) is 0. The average Bonchev–Trinajstić information content (AvgIpc) is 1.25. The van der Waals surface area contributed by atoms with Gasteiger partial charge in [0, 0.05) is 0 Å². The van der Waals surface area contributed by atoms with E-state index in [2.05, 4.69) is 13.8 Å². The van der Waals surface area contributed by atoms with Crippen LogP contribution in [0.4, 0.5) is 4.79 Å². The third kappa shape index (κ3) is 293. The Kier molecular flexibility index (Phi) is 11.5. The third-order valence-electron chi connectivity index (χ3n) is 0. The van der Waals surface area contributed by atoms with Crippen molar-refractivity contribution in [2.45, 2.75) is 13.9 Å². The molecule has 0 radical (unpaired) electrons. The minimum Gasteiger partial charge on any atom is -0.450 e. The van der Waals surface area contributed by atoms with E-state index >= 15 is 0 Å². The Bertz CT molecular complexity index is 55.5.